The summed E-state index contributed by atoms with van der Waals surface area (Å²) in [6.45, 7) is 0.627. The van der Waals surface area contributed by atoms with Crippen LogP contribution in [-0.4, -0.2) is 50.0 Å². The molecular weight excluding hydrogens is 304 g/mol. The summed E-state index contributed by atoms with van der Waals surface area (Å²) < 4.78 is 33.7. The zero-order valence-corrected chi connectivity index (χ0v) is 13.2. The Morgan fingerprint density at radius 3 is 1.95 bits per heavy atom. The van der Waals surface area contributed by atoms with Crippen LogP contribution in [-0.2, 0) is 28.7 Å². The van der Waals surface area contributed by atoms with Crippen LogP contribution < -0.4 is 21.0 Å². The lowest BCUT2D eigenvalue weighted by Crippen LogP contribution is -2.38. The van der Waals surface area contributed by atoms with E-state index in [1.807, 2.05) is 23.9 Å². The van der Waals surface area contributed by atoms with E-state index in [1.54, 1.807) is 7.05 Å². The topological polar surface area (TPSA) is 117 Å². The zero-order chi connectivity index (χ0) is 16.5. The Morgan fingerprint density at radius 1 is 1.05 bits per heavy atom. The maximum absolute atomic E-state index is 11.9. The van der Waals surface area contributed by atoms with Crippen LogP contribution >= 0.6 is 0 Å². The first-order valence-corrected chi connectivity index (χ1v) is 7.08. The number of rotatable bonds is 1. The van der Waals surface area contributed by atoms with Crippen molar-refractivity contribution in [3.8, 4) is 0 Å². The molecule has 10 nitrogen and oxygen atoms in total. The van der Waals surface area contributed by atoms with Gasteiger partial charge in [0.25, 0.3) is 5.56 Å². The second-order valence-corrected chi connectivity index (χ2v) is 5.64. The van der Waals surface area contributed by atoms with Gasteiger partial charge in [-0.05, 0) is 0 Å². The smallest absolute Gasteiger partial charge is 0.332 e. The molecular formula is C10H17N4O6S-. The van der Waals surface area contributed by atoms with Crippen molar-refractivity contribution in [2.45, 2.75) is 0 Å². The Balaban J connectivity index is 0.000000315. The predicted molar refractivity (Wildman–Crippen MR) is 75.3 cm³/mol. The number of fused-ring (bicyclic) bond motifs is 1. The van der Waals surface area contributed by atoms with E-state index >= 15 is 0 Å². The van der Waals surface area contributed by atoms with E-state index in [0.717, 1.165) is 11.7 Å². The molecule has 2 heterocycles. The highest BCUT2D eigenvalue weighted by atomic mass is 32.3. The normalized spacial score (nSPS) is 13.8. The van der Waals surface area contributed by atoms with Crippen molar-refractivity contribution in [1.82, 2.24) is 9.13 Å². The highest BCUT2D eigenvalue weighted by Gasteiger charge is 2.27. The van der Waals surface area contributed by atoms with E-state index in [9.17, 15) is 22.6 Å². The SMILES string of the molecule is CN1CN(C)c2c1c(=O)n(C)c(=O)n2C.COS(=O)(=O)[O-]. The molecule has 1 aromatic rings. The molecule has 0 N–H and O–H groups in total. The highest BCUT2D eigenvalue weighted by molar-refractivity contribution is 7.80. The lowest BCUT2D eigenvalue weighted by molar-refractivity contribution is 0.314. The number of nitrogens with zero attached hydrogens (tertiary/aromatic N) is 4. The van der Waals surface area contributed by atoms with E-state index in [-0.39, 0.29) is 11.2 Å². The maximum atomic E-state index is 11.9. The molecule has 11 heteroatoms. The quantitative estimate of drug-likeness (QED) is 0.431. The first-order chi connectivity index (χ1) is 9.51. The lowest BCUT2D eigenvalue weighted by Gasteiger charge is -2.13. The Morgan fingerprint density at radius 2 is 1.52 bits per heavy atom. The van der Waals surface area contributed by atoms with Crippen LogP contribution in [0.3, 0.4) is 0 Å². The number of hydrogen-bond acceptors (Lipinski definition) is 8. The largest absolute Gasteiger partial charge is 0.726 e. The van der Waals surface area contributed by atoms with Crippen LogP contribution in [0.1, 0.15) is 0 Å². The number of anilines is 2. The molecule has 0 aromatic carbocycles. The maximum Gasteiger partial charge on any atom is 0.332 e. The van der Waals surface area contributed by atoms with Crippen LogP contribution in [0.2, 0.25) is 0 Å². The zero-order valence-electron chi connectivity index (χ0n) is 12.4. The van der Waals surface area contributed by atoms with Gasteiger partial charge in [0, 0.05) is 28.2 Å². The Labute approximate surface area is 121 Å². The van der Waals surface area contributed by atoms with Gasteiger partial charge in [-0.1, -0.05) is 0 Å². The van der Waals surface area contributed by atoms with Crippen LogP contribution in [0.5, 0.6) is 0 Å². The summed E-state index contributed by atoms with van der Waals surface area (Å²) in [4.78, 5) is 27.3. The first kappa shape index (κ1) is 17.2. The van der Waals surface area contributed by atoms with Gasteiger partial charge >= 0.3 is 5.69 Å². The van der Waals surface area contributed by atoms with Crippen molar-refractivity contribution in [1.29, 1.82) is 0 Å². The van der Waals surface area contributed by atoms with Crippen molar-refractivity contribution in [3.63, 3.8) is 0 Å². The summed E-state index contributed by atoms with van der Waals surface area (Å²) in [6.07, 6.45) is 0. The van der Waals surface area contributed by atoms with E-state index in [1.165, 1.54) is 11.6 Å². The van der Waals surface area contributed by atoms with Gasteiger partial charge in [0.15, 0.2) is 0 Å². The first-order valence-electron chi connectivity index (χ1n) is 5.75. The predicted octanol–water partition coefficient (Wildman–Crippen LogP) is -1.98. The molecule has 120 valence electrons. The van der Waals surface area contributed by atoms with E-state index in [2.05, 4.69) is 4.18 Å². The average Bonchev–Trinajstić information content (AvgIpc) is 2.68. The molecule has 1 aliphatic rings. The molecule has 0 radical (unpaired) electrons. The molecule has 0 saturated carbocycles. The highest BCUT2D eigenvalue weighted by Crippen LogP contribution is 2.27. The van der Waals surface area contributed by atoms with Crippen molar-refractivity contribution in [3.05, 3.63) is 20.8 Å². The van der Waals surface area contributed by atoms with E-state index < -0.39 is 10.4 Å². The minimum absolute atomic E-state index is 0.236. The Kier molecular flexibility index (Phi) is 4.81. The molecule has 0 bridgehead atoms. The van der Waals surface area contributed by atoms with Gasteiger partial charge < -0.3 is 14.4 Å². The molecule has 0 aliphatic carbocycles. The van der Waals surface area contributed by atoms with Crippen LogP contribution in [0, 0.1) is 0 Å². The third kappa shape index (κ3) is 3.43. The fourth-order valence-corrected chi connectivity index (χ4v) is 2.04. The van der Waals surface area contributed by atoms with Crippen LogP contribution in [0.4, 0.5) is 11.5 Å². The van der Waals surface area contributed by atoms with Crippen LogP contribution in [0.25, 0.3) is 0 Å². The van der Waals surface area contributed by atoms with Gasteiger partial charge in [0.1, 0.15) is 11.5 Å². The summed E-state index contributed by atoms with van der Waals surface area (Å²) in [6, 6.07) is 0. The van der Waals surface area contributed by atoms with Crippen molar-refractivity contribution in [2.75, 3.05) is 37.7 Å². The van der Waals surface area contributed by atoms with Gasteiger partial charge in [-0.25, -0.2) is 13.2 Å². The second kappa shape index (κ2) is 5.87. The van der Waals surface area contributed by atoms with Gasteiger partial charge in [-0.3, -0.25) is 18.1 Å². The minimum atomic E-state index is -4.41. The van der Waals surface area contributed by atoms with Crippen molar-refractivity contribution < 1.29 is 17.2 Å². The summed E-state index contributed by atoms with van der Waals surface area (Å²) in [5.74, 6) is 0.686. The molecule has 0 spiro atoms. The average molecular weight is 321 g/mol. The van der Waals surface area contributed by atoms with E-state index in [4.69, 9.17) is 0 Å². The molecule has 0 saturated heterocycles. The monoisotopic (exact) mass is 321 g/mol. The van der Waals surface area contributed by atoms with Crippen LogP contribution in [0.15, 0.2) is 9.59 Å². The van der Waals surface area contributed by atoms with Gasteiger partial charge in [-0.15, -0.1) is 0 Å². The summed E-state index contributed by atoms with van der Waals surface area (Å²) in [5, 5.41) is 0. The number of hydrogen-bond donors (Lipinski definition) is 0. The summed E-state index contributed by atoms with van der Waals surface area (Å²) >= 11 is 0. The summed E-state index contributed by atoms with van der Waals surface area (Å²) in [7, 11) is 3.27. The lowest BCUT2D eigenvalue weighted by atomic mass is 10.4. The third-order valence-electron chi connectivity index (χ3n) is 2.98. The van der Waals surface area contributed by atoms with Gasteiger partial charge in [0.2, 0.25) is 10.4 Å². The fraction of sp³-hybridized carbons (Fsp3) is 0.600. The molecule has 21 heavy (non-hydrogen) atoms. The fourth-order valence-electron chi connectivity index (χ4n) is 2.04. The summed E-state index contributed by atoms with van der Waals surface area (Å²) in [5.41, 5.74) is 0.0583. The molecule has 0 amide bonds. The number of aromatic nitrogens is 2. The third-order valence-corrected chi connectivity index (χ3v) is 3.39. The van der Waals surface area contributed by atoms with Crippen molar-refractivity contribution >= 4 is 21.9 Å². The molecule has 0 fully saturated rings. The minimum Gasteiger partial charge on any atom is -0.726 e. The standard InChI is InChI=1S/C9H14N4O2.CH4O4S/c1-10-5-11(2)7-6(10)8(14)13(4)9(15)12(7)3;1-5-6(2,3)4/h5H2,1-4H3;1H3,(H,2,3,4)/p-1. The Bertz CT molecular complexity index is 750. The molecule has 0 atom stereocenters. The van der Waals surface area contributed by atoms with Gasteiger partial charge in [0.05, 0.1) is 13.8 Å². The van der Waals surface area contributed by atoms with E-state index in [0.29, 0.717) is 18.2 Å². The molecule has 1 aliphatic heterocycles. The van der Waals surface area contributed by atoms with Gasteiger partial charge in [-0.2, -0.15) is 0 Å². The molecule has 2 rings (SSSR count). The second-order valence-electron chi connectivity index (χ2n) is 4.49. The molecule has 1 aromatic heterocycles. The van der Waals surface area contributed by atoms with Crippen molar-refractivity contribution in [2.24, 2.45) is 14.1 Å². The Hall–Kier alpha value is -1.85. The molecule has 0 unspecified atom stereocenters.